The fraction of sp³-hybridized carbons (Fsp3) is 0.207. The van der Waals surface area contributed by atoms with Crippen molar-refractivity contribution >= 4 is 67.7 Å². The van der Waals surface area contributed by atoms with Gasteiger partial charge in [0.15, 0.2) is 17.0 Å². The second-order valence-electron chi connectivity index (χ2n) is 10.1. The molecular formula is C29H21N5O3S2. The fourth-order valence-corrected chi connectivity index (χ4v) is 8.75. The Hall–Kier alpha value is -4.02. The van der Waals surface area contributed by atoms with Gasteiger partial charge < -0.3 is 10.6 Å². The van der Waals surface area contributed by atoms with Crippen LogP contribution < -0.4 is 16.2 Å². The van der Waals surface area contributed by atoms with E-state index in [9.17, 15) is 14.4 Å². The van der Waals surface area contributed by atoms with E-state index < -0.39 is 5.41 Å². The van der Waals surface area contributed by atoms with Gasteiger partial charge in [0.05, 0.1) is 21.7 Å². The monoisotopic (exact) mass is 551 g/mol. The zero-order chi connectivity index (χ0) is 26.5. The molecule has 8 rings (SSSR count). The van der Waals surface area contributed by atoms with E-state index in [0.717, 1.165) is 41.8 Å². The van der Waals surface area contributed by atoms with Crippen LogP contribution in [0.3, 0.4) is 0 Å². The molecule has 192 valence electrons. The largest absolute Gasteiger partial charge is 0.349 e. The van der Waals surface area contributed by atoms with Crippen LogP contribution in [0.25, 0.3) is 15.8 Å². The lowest BCUT2D eigenvalue weighted by Gasteiger charge is -2.35. The molecule has 1 atom stereocenters. The van der Waals surface area contributed by atoms with Crippen molar-refractivity contribution in [3.8, 4) is 0 Å². The number of anilines is 2. The molecule has 0 bridgehead atoms. The molecule has 1 amide bonds. The van der Waals surface area contributed by atoms with Crippen LogP contribution in [-0.4, -0.2) is 27.1 Å². The van der Waals surface area contributed by atoms with E-state index in [-0.39, 0.29) is 28.8 Å². The van der Waals surface area contributed by atoms with Crippen LogP contribution in [0, 0.1) is 0 Å². The van der Waals surface area contributed by atoms with Crippen LogP contribution in [0.4, 0.5) is 11.4 Å². The molecule has 0 saturated heterocycles. The number of hydrogen-bond donors (Lipinski definition) is 2. The Labute approximate surface area is 230 Å². The van der Waals surface area contributed by atoms with Gasteiger partial charge in [0.2, 0.25) is 5.91 Å². The lowest BCUT2D eigenvalue weighted by Crippen LogP contribution is -2.50. The van der Waals surface area contributed by atoms with Crippen molar-refractivity contribution in [3.63, 3.8) is 0 Å². The highest BCUT2D eigenvalue weighted by Crippen LogP contribution is 2.55. The molecule has 3 aliphatic heterocycles. The highest BCUT2D eigenvalue weighted by Gasteiger charge is 2.60. The molecule has 0 fully saturated rings. The van der Waals surface area contributed by atoms with Crippen LogP contribution in [0.2, 0.25) is 0 Å². The first-order valence-electron chi connectivity index (χ1n) is 12.9. The van der Waals surface area contributed by atoms with Crippen LogP contribution in [-0.2, 0) is 27.8 Å². The third-order valence-corrected chi connectivity index (χ3v) is 10.3. The van der Waals surface area contributed by atoms with Crippen molar-refractivity contribution in [1.29, 1.82) is 0 Å². The van der Waals surface area contributed by atoms with Gasteiger partial charge in [-0.3, -0.25) is 14.4 Å². The number of Topliss-reactive ketones (excluding diaryl/α,β-unsaturated/α-hetero) is 1. The number of hydrogen-bond acceptors (Lipinski definition) is 8. The van der Waals surface area contributed by atoms with Crippen molar-refractivity contribution in [3.05, 3.63) is 85.7 Å². The van der Waals surface area contributed by atoms with E-state index in [0.29, 0.717) is 32.1 Å². The summed E-state index contributed by atoms with van der Waals surface area (Å²) in [5.41, 5.74) is 1.86. The van der Waals surface area contributed by atoms with E-state index in [2.05, 4.69) is 15.6 Å². The number of thiophene rings is 1. The number of rotatable bonds is 1. The average molecular weight is 552 g/mol. The molecule has 4 aliphatic rings. The summed E-state index contributed by atoms with van der Waals surface area (Å²) in [6.07, 6.45) is 3.84. The molecule has 1 unspecified atom stereocenters. The second kappa shape index (κ2) is 8.00. The van der Waals surface area contributed by atoms with Gasteiger partial charge >= 0.3 is 0 Å². The van der Waals surface area contributed by atoms with E-state index in [4.69, 9.17) is 5.10 Å². The Balaban J connectivity index is 1.54. The van der Waals surface area contributed by atoms with Gasteiger partial charge in [-0.05, 0) is 49.4 Å². The minimum absolute atomic E-state index is 0.108. The minimum atomic E-state index is -1.57. The van der Waals surface area contributed by atoms with Gasteiger partial charge in [0, 0.05) is 27.9 Å². The predicted molar refractivity (Wildman–Crippen MR) is 154 cm³/mol. The molecule has 5 heterocycles. The highest BCUT2D eigenvalue weighted by molar-refractivity contribution is 8.04. The smallest absolute Gasteiger partial charge is 0.282 e. The molecular weight excluding hydrogens is 530 g/mol. The van der Waals surface area contributed by atoms with Crippen LogP contribution in [0.1, 0.15) is 41.6 Å². The molecule has 1 aliphatic carbocycles. The number of aryl methyl sites for hydroxylation is 2. The topological polar surface area (TPSA) is 105 Å². The molecule has 0 saturated carbocycles. The van der Waals surface area contributed by atoms with Crippen molar-refractivity contribution in [2.24, 2.45) is 5.10 Å². The van der Waals surface area contributed by atoms with E-state index >= 15 is 0 Å². The number of nitrogens with zero attached hydrogens (tertiary/aromatic N) is 3. The summed E-state index contributed by atoms with van der Waals surface area (Å²) >= 11 is 3.01. The van der Waals surface area contributed by atoms with Crippen LogP contribution in [0.5, 0.6) is 0 Å². The van der Waals surface area contributed by atoms with Crippen molar-refractivity contribution < 1.29 is 9.59 Å². The first kappa shape index (κ1) is 22.9. The number of ketones is 1. The first-order chi connectivity index (χ1) is 19.0. The number of carbonyl (C=O) groups excluding carboxylic acids is 2. The van der Waals surface area contributed by atoms with E-state index in [1.54, 1.807) is 16.0 Å². The van der Waals surface area contributed by atoms with E-state index in [1.807, 2.05) is 48.5 Å². The lowest BCUT2D eigenvalue weighted by molar-refractivity contribution is -0.118. The zero-order valence-electron chi connectivity index (χ0n) is 20.8. The number of fused-ring (bicyclic) bond motifs is 8. The Morgan fingerprint density at radius 1 is 1.00 bits per heavy atom. The Morgan fingerprint density at radius 3 is 2.59 bits per heavy atom. The summed E-state index contributed by atoms with van der Waals surface area (Å²) < 4.78 is 1.64. The fourth-order valence-electron chi connectivity index (χ4n) is 6.31. The number of carbonyl (C=O) groups is 2. The standard InChI is InChI=1S/C29H21N5O3S2/c1-14(35)23-29(16-9-3-4-10-17(16)31-28(29)37)22(26-30-18-11-5-7-13-20(18)38-26)24-32-25(36)21-15-8-2-6-12-19(15)39-27(21)34(24)33-23/h3-5,7,9-11,13,30H,2,6,8,12H2,1H3,(H,31,37)/b26-22-. The summed E-state index contributed by atoms with van der Waals surface area (Å²) in [6.45, 7) is 1.44. The summed E-state index contributed by atoms with van der Waals surface area (Å²) in [7, 11) is 0. The molecule has 39 heavy (non-hydrogen) atoms. The Bertz CT molecular complexity index is 1910. The average Bonchev–Trinajstić information content (AvgIpc) is 3.61. The maximum atomic E-state index is 14.2. The summed E-state index contributed by atoms with van der Waals surface area (Å²) in [4.78, 5) is 48.8. The molecule has 0 radical (unpaired) electrons. The maximum absolute atomic E-state index is 14.2. The lowest BCUT2D eigenvalue weighted by atomic mass is 9.69. The Morgan fingerprint density at radius 2 is 1.77 bits per heavy atom. The molecule has 10 heteroatoms. The van der Waals surface area contributed by atoms with Gasteiger partial charge in [-0.2, -0.15) is 10.1 Å². The van der Waals surface area contributed by atoms with Gasteiger partial charge in [0.25, 0.3) is 5.56 Å². The zero-order valence-corrected chi connectivity index (χ0v) is 22.5. The SMILES string of the molecule is CC(=O)C1=Nn2c(nc(=O)c3c4c(sc32)CCCC4)/C(=C2\Nc3ccccc3S2)C12C(=O)Nc1ccccc12. The summed E-state index contributed by atoms with van der Waals surface area (Å²) in [5, 5.41) is 12.6. The van der Waals surface area contributed by atoms with Gasteiger partial charge in [-0.15, -0.1) is 11.3 Å². The third-order valence-electron chi connectivity index (χ3n) is 7.95. The van der Waals surface area contributed by atoms with Gasteiger partial charge in [0.1, 0.15) is 10.5 Å². The normalized spacial score (nSPS) is 22.6. The third kappa shape index (κ3) is 2.93. The number of para-hydroxylation sites is 2. The first-order valence-corrected chi connectivity index (χ1v) is 14.5. The molecule has 4 aromatic rings. The molecule has 1 spiro atoms. The molecule has 8 nitrogen and oxygen atoms in total. The van der Waals surface area contributed by atoms with Crippen molar-refractivity contribution in [1.82, 2.24) is 9.66 Å². The maximum Gasteiger partial charge on any atom is 0.282 e. The van der Waals surface area contributed by atoms with Crippen molar-refractivity contribution in [2.45, 2.75) is 42.9 Å². The number of benzene rings is 2. The predicted octanol–water partition coefficient (Wildman–Crippen LogP) is 4.92. The quantitative estimate of drug-likeness (QED) is 0.348. The summed E-state index contributed by atoms with van der Waals surface area (Å²) in [6, 6.07) is 15.2. The van der Waals surface area contributed by atoms with Crippen LogP contribution in [0.15, 0.2) is 68.4 Å². The number of amides is 1. The number of thioether (sulfide) groups is 1. The summed E-state index contributed by atoms with van der Waals surface area (Å²) in [5.74, 6) is -0.422. The second-order valence-corrected chi connectivity index (χ2v) is 12.3. The molecule has 2 N–H and O–H groups in total. The van der Waals surface area contributed by atoms with Crippen LogP contribution >= 0.6 is 23.1 Å². The Kier molecular flexibility index (Phi) is 4.70. The molecule has 2 aromatic heterocycles. The minimum Gasteiger partial charge on any atom is -0.349 e. The van der Waals surface area contributed by atoms with Gasteiger partial charge in [-0.1, -0.05) is 42.1 Å². The van der Waals surface area contributed by atoms with Gasteiger partial charge in [-0.25, -0.2) is 4.68 Å². The number of nitrogens with one attached hydrogen (secondary N) is 2. The van der Waals surface area contributed by atoms with Crippen molar-refractivity contribution in [2.75, 3.05) is 10.6 Å². The molecule has 2 aromatic carbocycles. The number of aromatic nitrogens is 2. The highest BCUT2D eigenvalue weighted by atomic mass is 32.2. The van der Waals surface area contributed by atoms with E-state index in [1.165, 1.54) is 23.6 Å².